The fraction of sp³-hybridized carbons (Fsp3) is 0.400. The van der Waals surface area contributed by atoms with Crippen molar-refractivity contribution in [1.29, 1.82) is 0 Å². The number of carbonyl (C=O) groups is 2. The number of aromatic amines is 1. The Kier molecular flexibility index (Phi) is 6.32. The van der Waals surface area contributed by atoms with Crippen LogP contribution in [0.1, 0.15) is 33.8 Å². The molecule has 1 aromatic carbocycles. The number of aliphatic hydroxyl groups excluding tert-OH is 1. The van der Waals surface area contributed by atoms with Crippen molar-refractivity contribution in [3.8, 4) is 11.3 Å². The van der Waals surface area contributed by atoms with Crippen LogP contribution in [-0.2, 0) is 9.47 Å². The standard InChI is InChI=1S/C25H28N4O5/c30-17-25(8-13-33-14-9-25)27-23(31)22-26-21(20-3-1-2-10-29(20)22)18-4-6-19(7-5-18)24(32)28-11-15-34-16-12-28/h1-7,10,30H,8-9,11-17H2,(H,27,31)/p+1. The second kappa shape index (κ2) is 9.54. The minimum absolute atomic E-state index is 0.00796. The number of aliphatic hydroxyl groups is 1. The fourth-order valence-electron chi connectivity index (χ4n) is 4.58. The van der Waals surface area contributed by atoms with Gasteiger partial charge in [-0.25, -0.2) is 4.98 Å². The van der Waals surface area contributed by atoms with Gasteiger partial charge in [0.1, 0.15) is 0 Å². The van der Waals surface area contributed by atoms with Crippen LogP contribution in [0.4, 0.5) is 0 Å². The Morgan fingerprint density at radius 3 is 2.44 bits per heavy atom. The van der Waals surface area contributed by atoms with Gasteiger partial charge in [0.05, 0.1) is 31.6 Å². The summed E-state index contributed by atoms with van der Waals surface area (Å²) in [5.41, 5.74) is 2.41. The van der Waals surface area contributed by atoms with Crippen molar-refractivity contribution in [2.75, 3.05) is 46.1 Å². The molecule has 2 fully saturated rings. The summed E-state index contributed by atoms with van der Waals surface area (Å²) < 4.78 is 12.5. The van der Waals surface area contributed by atoms with Crippen LogP contribution in [0.15, 0.2) is 48.7 Å². The number of hydrogen-bond acceptors (Lipinski definition) is 5. The first-order valence-corrected chi connectivity index (χ1v) is 11.6. The van der Waals surface area contributed by atoms with E-state index in [1.807, 2.05) is 53.1 Å². The molecule has 3 aromatic rings. The van der Waals surface area contributed by atoms with E-state index >= 15 is 0 Å². The molecule has 2 aliphatic heterocycles. The monoisotopic (exact) mass is 465 g/mol. The van der Waals surface area contributed by atoms with Gasteiger partial charge in [-0.3, -0.25) is 9.59 Å². The lowest BCUT2D eigenvalue weighted by Gasteiger charge is -2.35. The second-order valence-electron chi connectivity index (χ2n) is 8.79. The highest BCUT2D eigenvalue weighted by Crippen LogP contribution is 2.24. The van der Waals surface area contributed by atoms with Gasteiger partial charge < -0.3 is 24.8 Å². The topological polar surface area (TPSA) is 108 Å². The van der Waals surface area contributed by atoms with Crippen molar-refractivity contribution < 1.29 is 28.6 Å². The van der Waals surface area contributed by atoms with Crippen molar-refractivity contribution >= 4 is 17.3 Å². The molecule has 0 unspecified atom stereocenters. The maximum absolute atomic E-state index is 13.3. The van der Waals surface area contributed by atoms with Gasteiger partial charge in [-0.2, -0.15) is 4.40 Å². The van der Waals surface area contributed by atoms with E-state index in [2.05, 4.69) is 10.3 Å². The van der Waals surface area contributed by atoms with E-state index in [-0.39, 0.29) is 18.4 Å². The molecule has 0 bridgehead atoms. The lowest BCUT2D eigenvalue weighted by Crippen LogP contribution is -2.55. The van der Waals surface area contributed by atoms with Gasteiger partial charge in [0, 0.05) is 37.4 Å². The zero-order valence-corrected chi connectivity index (χ0v) is 19.0. The number of aromatic nitrogens is 2. The summed E-state index contributed by atoms with van der Waals surface area (Å²) in [7, 11) is 0. The van der Waals surface area contributed by atoms with E-state index in [1.165, 1.54) is 0 Å². The minimum Gasteiger partial charge on any atom is -0.394 e. The van der Waals surface area contributed by atoms with Crippen molar-refractivity contribution in [3.05, 3.63) is 60.0 Å². The molecule has 5 rings (SSSR count). The third kappa shape index (κ3) is 4.29. The Morgan fingerprint density at radius 2 is 1.74 bits per heavy atom. The van der Waals surface area contributed by atoms with Crippen molar-refractivity contribution in [2.45, 2.75) is 18.4 Å². The summed E-state index contributed by atoms with van der Waals surface area (Å²) in [5, 5.41) is 13.0. The van der Waals surface area contributed by atoms with Gasteiger partial charge in [-0.15, -0.1) is 0 Å². The van der Waals surface area contributed by atoms with Crippen LogP contribution in [0, 0.1) is 0 Å². The summed E-state index contributed by atoms with van der Waals surface area (Å²) >= 11 is 0. The van der Waals surface area contributed by atoms with Gasteiger partial charge >= 0.3 is 11.7 Å². The Bertz CT molecular complexity index is 1180. The molecule has 0 radical (unpaired) electrons. The molecule has 3 N–H and O–H groups in total. The first-order valence-electron chi connectivity index (χ1n) is 11.6. The number of nitrogens with one attached hydrogen (secondary N) is 2. The molecular formula is C25H29N4O5+. The third-order valence-electron chi connectivity index (χ3n) is 6.67. The van der Waals surface area contributed by atoms with Crippen LogP contribution < -0.4 is 9.72 Å². The number of hydrogen-bond donors (Lipinski definition) is 3. The highest BCUT2D eigenvalue weighted by molar-refractivity contribution is 5.95. The van der Waals surface area contributed by atoms with Crippen LogP contribution in [0.3, 0.4) is 0 Å². The number of fused-ring (bicyclic) bond motifs is 1. The SMILES string of the molecule is O=C(NC1(CO)CCOCC1)c1[nH]c(-c2ccc(C(=O)N3CCOCC3)cc2)c2cccc[n+]12. The van der Waals surface area contributed by atoms with Gasteiger partial charge in [0.2, 0.25) is 0 Å². The van der Waals surface area contributed by atoms with E-state index in [0.717, 1.165) is 16.8 Å². The van der Waals surface area contributed by atoms with E-state index in [4.69, 9.17) is 9.47 Å². The third-order valence-corrected chi connectivity index (χ3v) is 6.67. The quantitative estimate of drug-likeness (QED) is 0.490. The zero-order valence-electron chi connectivity index (χ0n) is 19.0. The number of carbonyl (C=O) groups excluding carboxylic acids is 2. The molecule has 2 aromatic heterocycles. The predicted molar refractivity (Wildman–Crippen MR) is 123 cm³/mol. The highest BCUT2D eigenvalue weighted by Gasteiger charge is 2.37. The van der Waals surface area contributed by atoms with Crippen LogP contribution in [0.5, 0.6) is 0 Å². The van der Waals surface area contributed by atoms with E-state index < -0.39 is 5.54 Å². The Labute approximate surface area is 197 Å². The molecule has 9 heteroatoms. The molecular weight excluding hydrogens is 436 g/mol. The molecule has 0 saturated carbocycles. The number of amides is 2. The number of rotatable bonds is 5. The fourth-order valence-corrected chi connectivity index (χ4v) is 4.58. The molecule has 0 aliphatic carbocycles. The summed E-state index contributed by atoms with van der Waals surface area (Å²) in [6, 6.07) is 13.1. The largest absolute Gasteiger partial charge is 0.394 e. The summed E-state index contributed by atoms with van der Waals surface area (Å²) in [5.74, 6) is 0.0762. The van der Waals surface area contributed by atoms with Gasteiger partial charge in [-0.05, 0) is 49.2 Å². The Hall–Kier alpha value is -3.27. The Morgan fingerprint density at radius 1 is 1.03 bits per heavy atom. The first kappa shape index (κ1) is 22.5. The smallest absolute Gasteiger partial charge is 0.351 e. The van der Waals surface area contributed by atoms with Gasteiger partial charge in [-0.1, -0.05) is 6.07 Å². The van der Waals surface area contributed by atoms with Crippen LogP contribution in [0.2, 0.25) is 0 Å². The number of H-pyrrole nitrogens is 1. The summed E-state index contributed by atoms with van der Waals surface area (Å²) in [4.78, 5) is 31.1. The van der Waals surface area contributed by atoms with Crippen LogP contribution >= 0.6 is 0 Å². The summed E-state index contributed by atoms with van der Waals surface area (Å²) in [6.07, 6.45) is 2.95. The first-order chi connectivity index (χ1) is 16.6. The highest BCUT2D eigenvalue weighted by atomic mass is 16.5. The lowest BCUT2D eigenvalue weighted by molar-refractivity contribution is -0.514. The maximum Gasteiger partial charge on any atom is 0.351 e. The van der Waals surface area contributed by atoms with E-state index in [1.54, 1.807) is 4.90 Å². The number of nitrogens with zero attached hydrogens (tertiary/aromatic N) is 2. The lowest BCUT2D eigenvalue weighted by atomic mass is 9.91. The normalized spacial score (nSPS) is 18.1. The molecule has 0 atom stereocenters. The molecule has 2 aliphatic rings. The van der Waals surface area contributed by atoms with Crippen LogP contribution in [-0.4, -0.2) is 78.5 Å². The Balaban J connectivity index is 1.43. The number of imidazole rings is 1. The van der Waals surface area contributed by atoms with Crippen molar-refractivity contribution in [2.24, 2.45) is 0 Å². The number of benzene rings is 1. The second-order valence-corrected chi connectivity index (χ2v) is 8.79. The average Bonchev–Trinajstić information content (AvgIpc) is 3.29. The maximum atomic E-state index is 13.3. The molecule has 0 spiro atoms. The number of pyridine rings is 1. The molecule has 34 heavy (non-hydrogen) atoms. The predicted octanol–water partition coefficient (Wildman–Crippen LogP) is 1.16. The van der Waals surface area contributed by atoms with E-state index in [9.17, 15) is 14.7 Å². The van der Waals surface area contributed by atoms with E-state index in [0.29, 0.717) is 63.7 Å². The van der Waals surface area contributed by atoms with Crippen LogP contribution in [0.25, 0.3) is 16.8 Å². The van der Waals surface area contributed by atoms with Crippen molar-refractivity contribution in [1.82, 2.24) is 15.2 Å². The molecule has 2 amide bonds. The van der Waals surface area contributed by atoms with Crippen molar-refractivity contribution in [3.63, 3.8) is 0 Å². The number of ether oxygens (including phenoxy) is 2. The molecule has 2 saturated heterocycles. The average molecular weight is 466 g/mol. The molecule has 9 nitrogen and oxygen atoms in total. The van der Waals surface area contributed by atoms with Gasteiger partial charge in [0.15, 0.2) is 11.2 Å². The number of morpholine rings is 1. The van der Waals surface area contributed by atoms with Gasteiger partial charge in [0.25, 0.3) is 5.91 Å². The zero-order chi connectivity index (χ0) is 23.5. The molecule has 178 valence electrons. The minimum atomic E-state index is -0.691. The summed E-state index contributed by atoms with van der Waals surface area (Å²) in [6.45, 7) is 3.17. The molecule has 4 heterocycles.